The summed E-state index contributed by atoms with van der Waals surface area (Å²) in [5, 5.41) is 16.2. The molecule has 1 aromatic carbocycles. The van der Waals surface area contributed by atoms with Crippen LogP contribution in [0.3, 0.4) is 0 Å². The van der Waals surface area contributed by atoms with E-state index in [9.17, 15) is 22.8 Å². The standard InChI is InChI=1S/C21H21F3N6O3/c1-3-4-17(31)27-14-7-5-13(6-8-14)11-25-20(32)15-12-26-30(19(15)21(22,23)24)16-9-10-18(33-2)29-28-16/h5-10,12H,3-4,11H2,1-2H3,(H,25,32)(H,27,31). The Labute approximate surface area is 187 Å². The molecule has 2 aromatic heterocycles. The molecule has 0 spiro atoms. The average Bonchev–Trinajstić information content (AvgIpc) is 3.25. The minimum Gasteiger partial charge on any atom is -0.480 e. The van der Waals surface area contributed by atoms with E-state index in [4.69, 9.17) is 4.74 Å². The molecule has 0 saturated carbocycles. The molecular formula is C21H21F3N6O3. The lowest BCUT2D eigenvalue weighted by atomic mass is 10.1. The van der Waals surface area contributed by atoms with Crippen molar-refractivity contribution in [2.24, 2.45) is 0 Å². The number of carbonyl (C=O) groups is 2. The number of anilines is 1. The van der Waals surface area contributed by atoms with Crippen LogP contribution in [0.2, 0.25) is 0 Å². The van der Waals surface area contributed by atoms with Crippen molar-refractivity contribution in [3.05, 3.63) is 59.4 Å². The van der Waals surface area contributed by atoms with Crippen molar-refractivity contribution in [3.8, 4) is 11.7 Å². The van der Waals surface area contributed by atoms with Gasteiger partial charge in [0.05, 0.1) is 18.9 Å². The molecule has 12 heteroatoms. The molecule has 0 radical (unpaired) electrons. The number of rotatable bonds is 8. The SMILES string of the molecule is CCCC(=O)Nc1ccc(CNC(=O)c2cnn(-c3ccc(OC)nn3)c2C(F)(F)F)cc1. The Morgan fingerprint density at radius 3 is 2.39 bits per heavy atom. The van der Waals surface area contributed by atoms with Crippen LogP contribution in [0.4, 0.5) is 18.9 Å². The molecule has 0 aliphatic rings. The van der Waals surface area contributed by atoms with Gasteiger partial charge in [0.25, 0.3) is 5.91 Å². The summed E-state index contributed by atoms with van der Waals surface area (Å²) in [5.41, 5.74) is -0.694. The number of nitrogens with one attached hydrogen (secondary N) is 2. The van der Waals surface area contributed by atoms with Gasteiger partial charge in [-0.25, -0.2) is 4.68 Å². The van der Waals surface area contributed by atoms with E-state index in [1.807, 2.05) is 6.92 Å². The van der Waals surface area contributed by atoms with Gasteiger partial charge < -0.3 is 15.4 Å². The number of hydrogen-bond acceptors (Lipinski definition) is 6. The number of nitrogens with zero attached hydrogens (tertiary/aromatic N) is 4. The van der Waals surface area contributed by atoms with E-state index >= 15 is 0 Å². The van der Waals surface area contributed by atoms with E-state index < -0.39 is 23.3 Å². The van der Waals surface area contributed by atoms with Gasteiger partial charge in [0.15, 0.2) is 11.5 Å². The van der Waals surface area contributed by atoms with Crippen LogP contribution in [-0.2, 0) is 17.5 Å². The number of alkyl halides is 3. The molecule has 0 unspecified atom stereocenters. The predicted molar refractivity (Wildman–Crippen MR) is 112 cm³/mol. The summed E-state index contributed by atoms with van der Waals surface area (Å²) in [4.78, 5) is 24.2. The number of aromatic nitrogens is 4. The Kier molecular flexibility index (Phi) is 7.26. The summed E-state index contributed by atoms with van der Waals surface area (Å²) in [6, 6.07) is 9.19. The first-order valence-corrected chi connectivity index (χ1v) is 9.93. The summed E-state index contributed by atoms with van der Waals surface area (Å²) >= 11 is 0. The molecule has 2 heterocycles. The molecule has 0 bridgehead atoms. The molecule has 3 aromatic rings. The summed E-state index contributed by atoms with van der Waals surface area (Å²) in [6.07, 6.45) is -2.92. The first kappa shape index (κ1) is 23.7. The van der Waals surface area contributed by atoms with E-state index in [1.165, 1.54) is 19.2 Å². The third-order valence-corrected chi connectivity index (χ3v) is 4.50. The fraction of sp³-hybridized carbons (Fsp3) is 0.286. The number of benzene rings is 1. The Balaban J connectivity index is 1.74. The van der Waals surface area contributed by atoms with Gasteiger partial charge in [-0.15, -0.1) is 10.2 Å². The fourth-order valence-corrected chi connectivity index (χ4v) is 2.93. The topological polar surface area (TPSA) is 111 Å². The van der Waals surface area contributed by atoms with Crippen LogP contribution in [0.5, 0.6) is 5.88 Å². The van der Waals surface area contributed by atoms with Crippen LogP contribution in [-0.4, -0.2) is 38.9 Å². The number of hydrogen-bond donors (Lipinski definition) is 2. The summed E-state index contributed by atoms with van der Waals surface area (Å²) < 4.78 is 46.6. The van der Waals surface area contributed by atoms with Gasteiger partial charge in [0, 0.05) is 24.7 Å². The Hall–Kier alpha value is -3.96. The second-order valence-corrected chi connectivity index (χ2v) is 6.93. The highest BCUT2D eigenvalue weighted by atomic mass is 19.4. The van der Waals surface area contributed by atoms with Crippen LogP contribution in [0.1, 0.15) is 41.4 Å². The first-order chi connectivity index (χ1) is 15.7. The van der Waals surface area contributed by atoms with Gasteiger partial charge >= 0.3 is 6.18 Å². The number of halogens is 3. The molecule has 2 N–H and O–H groups in total. The van der Waals surface area contributed by atoms with Gasteiger partial charge in [-0.3, -0.25) is 9.59 Å². The Morgan fingerprint density at radius 2 is 1.82 bits per heavy atom. The van der Waals surface area contributed by atoms with Crippen LogP contribution in [0.15, 0.2) is 42.6 Å². The largest absolute Gasteiger partial charge is 0.480 e. The van der Waals surface area contributed by atoms with Gasteiger partial charge in [-0.2, -0.15) is 18.3 Å². The number of carbonyl (C=O) groups excluding carboxylic acids is 2. The lowest BCUT2D eigenvalue weighted by molar-refractivity contribution is -0.143. The molecule has 174 valence electrons. The molecule has 0 aliphatic carbocycles. The van der Waals surface area contributed by atoms with Crippen molar-refractivity contribution in [1.82, 2.24) is 25.3 Å². The van der Waals surface area contributed by atoms with Gasteiger partial charge in [-0.1, -0.05) is 19.1 Å². The highest BCUT2D eigenvalue weighted by molar-refractivity contribution is 5.95. The monoisotopic (exact) mass is 462 g/mol. The van der Waals surface area contributed by atoms with Crippen molar-refractivity contribution < 1.29 is 27.5 Å². The maximum Gasteiger partial charge on any atom is 0.434 e. The zero-order chi connectivity index (χ0) is 24.0. The molecule has 9 nitrogen and oxygen atoms in total. The second-order valence-electron chi connectivity index (χ2n) is 6.93. The Morgan fingerprint density at radius 1 is 1.09 bits per heavy atom. The molecule has 33 heavy (non-hydrogen) atoms. The Bertz CT molecular complexity index is 1110. The van der Waals surface area contributed by atoms with E-state index in [2.05, 4.69) is 25.9 Å². The van der Waals surface area contributed by atoms with Crippen molar-refractivity contribution in [1.29, 1.82) is 0 Å². The molecule has 3 rings (SSSR count). The third kappa shape index (κ3) is 5.84. The smallest absolute Gasteiger partial charge is 0.434 e. The summed E-state index contributed by atoms with van der Waals surface area (Å²) in [6.45, 7) is 1.87. The lowest BCUT2D eigenvalue weighted by Gasteiger charge is -2.12. The summed E-state index contributed by atoms with van der Waals surface area (Å²) in [5.74, 6) is -1.16. The highest BCUT2D eigenvalue weighted by Crippen LogP contribution is 2.33. The molecular weight excluding hydrogens is 441 g/mol. The minimum atomic E-state index is -4.87. The van der Waals surface area contributed by atoms with Crippen LogP contribution in [0.25, 0.3) is 5.82 Å². The van der Waals surface area contributed by atoms with Gasteiger partial charge in [-0.05, 0) is 30.2 Å². The molecule has 0 atom stereocenters. The lowest BCUT2D eigenvalue weighted by Crippen LogP contribution is -2.26. The first-order valence-electron chi connectivity index (χ1n) is 9.93. The number of methoxy groups -OCH3 is 1. The van der Waals surface area contributed by atoms with Crippen LogP contribution >= 0.6 is 0 Å². The van der Waals surface area contributed by atoms with Crippen LogP contribution in [0, 0.1) is 0 Å². The van der Waals surface area contributed by atoms with Crippen molar-refractivity contribution >= 4 is 17.5 Å². The average molecular weight is 462 g/mol. The quantitative estimate of drug-likeness (QED) is 0.531. The molecule has 0 fully saturated rings. The second kappa shape index (κ2) is 10.1. The minimum absolute atomic E-state index is 0.0210. The molecule has 0 saturated heterocycles. The van der Waals surface area contributed by atoms with E-state index in [0.29, 0.717) is 22.4 Å². The normalized spacial score (nSPS) is 11.2. The van der Waals surface area contributed by atoms with E-state index in [0.717, 1.165) is 12.6 Å². The van der Waals surface area contributed by atoms with E-state index in [-0.39, 0.29) is 24.1 Å². The third-order valence-electron chi connectivity index (χ3n) is 4.50. The van der Waals surface area contributed by atoms with Crippen LogP contribution < -0.4 is 15.4 Å². The maximum absolute atomic E-state index is 13.8. The van der Waals surface area contributed by atoms with Gasteiger partial charge in [0.1, 0.15) is 0 Å². The molecule has 0 aliphatic heterocycles. The predicted octanol–water partition coefficient (Wildman–Crippen LogP) is 3.36. The summed E-state index contributed by atoms with van der Waals surface area (Å²) in [7, 11) is 1.34. The zero-order valence-corrected chi connectivity index (χ0v) is 17.8. The molecule has 2 amide bonds. The zero-order valence-electron chi connectivity index (χ0n) is 17.8. The number of amides is 2. The van der Waals surface area contributed by atoms with Crippen molar-refractivity contribution in [2.45, 2.75) is 32.5 Å². The van der Waals surface area contributed by atoms with Gasteiger partial charge in [0.2, 0.25) is 11.8 Å². The van der Waals surface area contributed by atoms with E-state index in [1.54, 1.807) is 24.3 Å². The number of ether oxygens (including phenoxy) is 1. The maximum atomic E-state index is 13.8. The van der Waals surface area contributed by atoms with Crippen molar-refractivity contribution in [2.75, 3.05) is 12.4 Å². The van der Waals surface area contributed by atoms with Crippen molar-refractivity contribution in [3.63, 3.8) is 0 Å². The highest BCUT2D eigenvalue weighted by Gasteiger charge is 2.41. The fourth-order valence-electron chi connectivity index (χ4n) is 2.93.